The Morgan fingerprint density at radius 1 is 1.12 bits per heavy atom. The van der Waals surface area contributed by atoms with Crippen LogP contribution in [0.2, 0.25) is 0 Å². The van der Waals surface area contributed by atoms with E-state index in [-0.39, 0.29) is 24.5 Å². The Morgan fingerprint density at radius 3 is 2.39 bits per heavy atom. The van der Waals surface area contributed by atoms with Crippen LogP contribution in [-0.2, 0) is 16.1 Å². The van der Waals surface area contributed by atoms with Gasteiger partial charge in [-0.1, -0.05) is 65.5 Å². The van der Waals surface area contributed by atoms with Gasteiger partial charge in [0.1, 0.15) is 11.8 Å². The third-order valence-electron chi connectivity index (χ3n) is 6.30. The van der Waals surface area contributed by atoms with Crippen LogP contribution in [0.4, 0.5) is 0 Å². The molecule has 0 saturated heterocycles. The van der Waals surface area contributed by atoms with Crippen LogP contribution < -0.4 is 10.1 Å². The van der Waals surface area contributed by atoms with Crippen LogP contribution in [0.15, 0.2) is 40.9 Å². The highest BCUT2D eigenvalue weighted by Gasteiger charge is 2.31. The molecule has 2 amide bonds. The van der Waals surface area contributed by atoms with Crippen molar-refractivity contribution in [2.45, 2.75) is 78.4 Å². The van der Waals surface area contributed by atoms with Crippen LogP contribution in [0.5, 0.6) is 5.75 Å². The Bertz CT molecular complexity index is 962. The quantitative estimate of drug-likeness (QED) is 0.472. The van der Waals surface area contributed by atoms with E-state index in [1.165, 1.54) is 0 Å². The van der Waals surface area contributed by atoms with Gasteiger partial charge in [0.25, 0.3) is 5.91 Å². The lowest BCUT2D eigenvalue weighted by Gasteiger charge is -2.31. The van der Waals surface area contributed by atoms with E-state index < -0.39 is 6.04 Å². The molecular weight excluding hydrogens is 480 g/mol. The van der Waals surface area contributed by atoms with Crippen molar-refractivity contribution in [3.05, 3.63) is 63.1 Å². The number of aryl methyl sites for hydroxylation is 3. The first kappa shape index (κ1) is 25.3. The van der Waals surface area contributed by atoms with Crippen molar-refractivity contribution >= 4 is 27.7 Å². The molecule has 0 aromatic heterocycles. The van der Waals surface area contributed by atoms with Crippen LogP contribution in [0, 0.1) is 20.8 Å². The first-order valence-corrected chi connectivity index (χ1v) is 12.6. The van der Waals surface area contributed by atoms with E-state index >= 15 is 0 Å². The summed E-state index contributed by atoms with van der Waals surface area (Å²) in [4.78, 5) is 28.3. The molecule has 1 aliphatic rings. The van der Waals surface area contributed by atoms with Crippen molar-refractivity contribution in [3.8, 4) is 5.75 Å². The van der Waals surface area contributed by atoms with Crippen molar-refractivity contribution in [2.24, 2.45) is 0 Å². The number of carbonyl (C=O) groups excluding carboxylic acids is 2. The highest BCUT2D eigenvalue weighted by atomic mass is 79.9. The fourth-order valence-electron chi connectivity index (χ4n) is 4.51. The molecule has 0 aliphatic heterocycles. The minimum Gasteiger partial charge on any atom is -0.484 e. The van der Waals surface area contributed by atoms with E-state index in [0.717, 1.165) is 52.4 Å². The number of carbonyl (C=O) groups is 2. The number of halogens is 1. The molecule has 0 unspecified atom stereocenters. The first-order chi connectivity index (χ1) is 15.8. The van der Waals surface area contributed by atoms with Crippen LogP contribution in [0.3, 0.4) is 0 Å². The van der Waals surface area contributed by atoms with E-state index in [0.29, 0.717) is 18.7 Å². The molecule has 5 nitrogen and oxygen atoms in total. The number of amides is 2. The SMILES string of the molecule is CC[C@H](C(=O)NC1CCCC1)N(Cc1cccc(C)c1)C(=O)COc1cc(C)c(Br)c(C)c1. The maximum absolute atomic E-state index is 13.4. The van der Waals surface area contributed by atoms with Gasteiger partial charge in [-0.3, -0.25) is 9.59 Å². The fourth-order valence-corrected chi connectivity index (χ4v) is 4.74. The van der Waals surface area contributed by atoms with E-state index in [9.17, 15) is 9.59 Å². The van der Waals surface area contributed by atoms with Gasteiger partial charge in [0.05, 0.1) is 0 Å². The second-order valence-electron chi connectivity index (χ2n) is 9.08. The van der Waals surface area contributed by atoms with Gasteiger partial charge in [0.2, 0.25) is 5.91 Å². The maximum Gasteiger partial charge on any atom is 0.261 e. The molecule has 3 rings (SSSR count). The minimum atomic E-state index is -0.532. The van der Waals surface area contributed by atoms with Crippen molar-refractivity contribution < 1.29 is 14.3 Å². The van der Waals surface area contributed by atoms with Gasteiger partial charge in [-0.15, -0.1) is 0 Å². The van der Waals surface area contributed by atoms with Gasteiger partial charge in [0, 0.05) is 17.1 Å². The molecule has 2 aromatic rings. The predicted octanol–water partition coefficient (Wildman–Crippen LogP) is 5.62. The average Bonchev–Trinajstić information content (AvgIpc) is 3.28. The van der Waals surface area contributed by atoms with Crippen LogP contribution >= 0.6 is 15.9 Å². The minimum absolute atomic E-state index is 0.0688. The molecule has 1 aliphatic carbocycles. The van der Waals surface area contributed by atoms with E-state index in [2.05, 4.69) is 27.3 Å². The first-order valence-electron chi connectivity index (χ1n) is 11.8. The van der Waals surface area contributed by atoms with Gasteiger partial charge in [0.15, 0.2) is 6.61 Å². The molecule has 1 fully saturated rings. The lowest BCUT2D eigenvalue weighted by molar-refractivity contribution is -0.143. The van der Waals surface area contributed by atoms with Crippen molar-refractivity contribution in [2.75, 3.05) is 6.61 Å². The molecule has 1 N–H and O–H groups in total. The molecule has 0 spiro atoms. The number of hydrogen-bond donors (Lipinski definition) is 1. The molecular formula is C27H35BrN2O3. The molecule has 0 heterocycles. The summed E-state index contributed by atoms with van der Waals surface area (Å²) in [6, 6.07) is 11.6. The van der Waals surface area contributed by atoms with Crippen LogP contribution in [0.25, 0.3) is 0 Å². The Labute approximate surface area is 206 Å². The van der Waals surface area contributed by atoms with Gasteiger partial charge in [-0.25, -0.2) is 0 Å². The molecule has 33 heavy (non-hydrogen) atoms. The second-order valence-corrected chi connectivity index (χ2v) is 9.88. The highest BCUT2D eigenvalue weighted by Crippen LogP contribution is 2.26. The van der Waals surface area contributed by atoms with Crippen molar-refractivity contribution in [1.29, 1.82) is 0 Å². The lowest BCUT2D eigenvalue weighted by Crippen LogP contribution is -2.52. The zero-order valence-corrected chi connectivity index (χ0v) is 21.7. The Kier molecular flexibility index (Phi) is 8.95. The molecule has 0 radical (unpaired) electrons. The number of hydrogen-bond acceptors (Lipinski definition) is 3. The Balaban J connectivity index is 1.78. The zero-order chi connectivity index (χ0) is 24.0. The molecule has 1 atom stereocenters. The van der Waals surface area contributed by atoms with Gasteiger partial charge >= 0.3 is 0 Å². The third-order valence-corrected chi connectivity index (χ3v) is 7.55. The summed E-state index contributed by atoms with van der Waals surface area (Å²) in [6.45, 7) is 8.24. The summed E-state index contributed by atoms with van der Waals surface area (Å²) >= 11 is 3.56. The summed E-state index contributed by atoms with van der Waals surface area (Å²) in [7, 11) is 0. The van der Waals surface area contributed by atoms with Crippen molar-refractivity contribution in [1.82, 2.24) is 10.2 Å². The third kappa shape index (κ3) is 6.83. The van der Waals surface area contributed by atoms with Crippen LogP contribution in [-0.4, -0.2) is 35.4 Å². The number of benzene rings is 2. The molecule has 0 bridgehead atoms. The average molecular weight is 515 g/mol. The summed E-state index contributed by atoms with van der Waals surface area (Å²) in [5, 5.41) is 3.18. The smallest absolute Gasteiger partial charge is 0.261 e. The van der Waals surface area contributed by atoms with Crippen molar-refractivity contribution in [3.63, 3.8) is 0 Å². The van der Waals surface area contributed by atoms with E-state index in [1.54, 1.807) is 4.90 Å². The maximum atomic E-state index is 13.4. The van der Waals surface area contributed by atoms with Gasteiger partial charge < -0.3 is 15.0 Å². The number of ether oxygens (including phenoxy) is 1. The number of rotatable bonds is 9. The van der Waals surface area contributed by atoms with Crippen LogP contribution in [0.1, 0.15) is 61.3 Å². The zero-order valence-electron chi connectivity index (χ0n) is 20.1. The summed E-state index contributed by atoms with van der Waals surface area (Å²) in [5.41, 5.74) is 4.24. The highest BCUT2D eigenvalue weighted by molar-refractivity contribution is 9.10. The molecule has 2 aromatic carbocycles. The monoisotopic (exact) mass is 514 g/mol. The number of nitrogens with one attached hydrogen (secondary N) is 1. The van der Waals surface area contributed by atoms with E-state index in [4.69, 9.17) is 4.74 Å². The lowest BCUT2D eigenvalue weighted by atomic mass is 10.1. The molecule has 1 saturated carbocycles. The largest absolute Gasteiger partial charge is 0.484 e. The van der Waals surface area contributed by atoms with Gasteiger partial charge in [-0.05, 0) is 68.9 Å². The topological polar surface area (TPSA) is 58.6 Å². The Morgan fingerprint density at radius 2 is 1.79 bits per heavy atom. The van der Waals surface area contributed by atoms with Gasteiger partial charge in [-0.2, -0.15) is 0 Å². The van der Waals surface area contributed by atoms with E-state index in [1.807, 2.05) is 58.0 Å². The summed E-state index contributed by atoms with van der Waals surface area (Å²) < 4.78 is 6.93. The summed E-state index contributed by atoms with van der Waals surface area (Å²) in [6.07, 6.45) is 4.87. The standard InChI is InChI=1S/C27H35BrN2O3/c1-5-24(27(32)29-22-11-6-7-12-22)30(16-21-10-8-9-18(2)13-21)25(31)17-33-23-14-19(3)26(28)20(4)15-23/h8-10,13-15,22,24H,5-7,11-12,16-17H2,1-4H3,(H,29,32)/t24-/m1/s1. The fraction of sp³-hybridized carbons (Fsp3) is 0.481. The Hall–Kier alpha value is -2.34. The predicted molar refractivity (Wildman–Crippen MR) is 135 cm³/mol. The second kappa shape index (κ2) is 11.7. The molecule has 178 valence electrons. The molecule has 6 heteroatoms. The number of nitrogens with zero attached hydrogens (tertiary/aromatic N) is 1. The summed E-state index contributed by atoms with van der Waals surface area (Å²) in [5.74, 6) is 0.393. The normalized spacial score (nSPS) is 14.7.